The van der Waals surface area contributed by atoms with Crippen molar-refractivity contribution in [2.45, 2.75) is 0 Å². The van der Waals surface area contributed by atoms with Crippen LogP contribution in [-0.4, -0.2) is 35.3 Å². The smallest absolute Gasteiger partial charge is 0.259 e. The van der Waals surface area contributed by atoms with E-state index in [4.69, 9.17) is 9.47 Å². The topological polar surface area (TPSA) is 89.1 Å². The van der Waals surface area contributed by atoms with Gasteiger partial charge >= 0.3 is 0 Å². The minimum atomic E-state index is -0.247. The van der Waals surface area contributed by atoms with E-state index in [1.807, 2.05) is 35.7 Å². The van der Waals surface area contributed by atoms with Gasteiger partial charge in [0, 0.05) is 16.3 Å². The standard InChI is InChI=1S/C19H16N4O3S/c1-25-12-6-7-16(26-2)14(8-12)15-10-27-19(21-15)22-18(24)13-5-3-4-11-9-20-23-17(11)13/h3-10H,1-2H3,(H,20,23)(H,21,22,24). The molecule has 4 rings (SSSR count). The van der Waals surface area contributed by atoms with Crippen molar-refractivity contribution in [1.29, 1.82) is 0 Å². The molecule has 0 radical (unpaired) electrons. The lowest BCUT2D eigenvalue weighted by Gasteiger charge is -2.08. The predicted octanol–water partition coefficient (Wildman–Crippen LogP) is 3.96. The average Bonchev–Trinajstić information content (AvgIpc) is 3.36. The molecule has 8 heteroatoms. The first-order valence-corrected chi connectivity index (χ1v) is 8.99. The number of carbonyl (C=O) groups excluding carboxylic acids is 1. The summed E-state index contributed by atoms with van der Waals surface area (Å²) in [4.78, 5) is 17.2. The fraction of sp³-hybridized carbons (Fsp3) is 0.105. The third kappa shape index (κ3) is 3.22. The van der Waals surface area contributed by atoms with Gasteiger partial charge in [0.2, 0.25) is 0 Å². The van der Waals surface area contributed by atoms with Crippen molar-refractivity contribution in [3.8, 4) is 22.8 Å². The molecule has 7 nitrogen and oxygen atoms in total. The fourth-order valence-electron chi connectivity index (χ4n) is 2.79. The van der Waals surface area contributed by atoms with Crippen molar-refractivity contribution in [2.24, 2.45) is 0 Å². The van der Waals surface area contributed by atoms with E-state index < -0.39 is 0 Å². The Balaban J connectivity index is 1.62. The molecule has 0 aliphatic heterocycles. The average molecular weight is 380 g/mol. The fourth-order valence-corrected chi connectivity index (χ4v) is 3.50. The Morgan fingerprint density at radius 2 is 2.07 bits per heavy atom. The highest BCUT2D eigenvalue weighted by atomic mass is 32.1. The molecule has 136 valence electrons. The number of nitrogens with zero attached hydrogens (tertiary/aromatic N) is 2. The van der Waals surface area contributed by atoms with Crippen LogP contribution in [0, 0.1) is 0 Å². The predicted molar refractivity (Wildman–Crippen MR) is 105 cm³/mol. The number of hydrogen-bond donors (Lipinski definition) is 2. The number of amides is 1. The van der Waals surface area contributed by atoms with Gasteiger partial charge < -0.3 is 9.47 Å². The number of aromatic nitrogens is 3. The normalized spacial score (nSPS) is 10.7. The molecule has 0 saturated carbocycles. The zero-order chi connectivity index (χ0) is 18.8. The third-order valence-corrected chi connectivity index (χ3v) is 4.89. The first-order valence-electron chi connectivity index (χ1n) is 8.11. The summed E-state index contributed by atoms with van der Waals surface area (Å²) in [7, 11) is 3.21. The highest BCUT2D eigenvalue weighted by Crippen LogP contribution is 2.35. The summed E-state index contributed by atoms with van der Waals surface area (Å²) in [5.74, 6) is 1.14. The molecule has 0 bridgehead atoms. The lowest BCUT2D eigenvalue weighted by atomic mass is 10.1. The molecule has 2 aromatic heterocycles. The zero-order valence-corrected chi connectivity index (χ0v) is 15.5. The van der Waals surface area contributed by atoms with Crippen LogP contribution in [0.25, 0.3) is 22.2 Å². The molecule has 2 N–H and O–H groups in total. The second-order valence-corrected chi connectivity index (χ2v) is 6.56. The van der Waals surface area contributed by atoms with Crippen LogP contribution in [0.1, 0.15) is 10.4 Å². The van der Waals surface area contributed by atoms with E-state index in [1.54, 1.807) is 26.5 Å². The van der Waals surface area contributed by atoms with E-state index in [-0.39, 0.29) is 5.91 Å². The Kier molecular flexibility index (Phi) is 4.47. The summed E-state index contributed by atoms with van der Waals surface area (Å²) in [6.45, 7) is 0. The van der Waals surface area contributed by atoms with Crippen LogP contribution >= 0.6 is 11.3 Å². The number of methoxy groups -OCH3 is 2. The monoisotopic (exact) mass is 380 g/mol. The van der Waals surface area contributed by atoms with Crippen molar-refractivity contribution >= 4 is 33.3 Å². The molecular formula is C19H16N4O3S. The lowest BCUT2D eigenvalue weighted by Crippen LogP contribution is -2.12. The summed E-state index contributed by atoms with van der Waals surface area (Å²) in [5.41, 5.74) is 2.71. The summed E-state index contributed by atoms with van der Waals surface area (Å²) >= 11 is 1.34. The first kappa shape index (κ1) is 17.0. The van der Waals surface area contributed by atoms with Gasteiger partial charge in [-0.3, -0.25) is 15.2 Å². The van der Waals surface area contributed by atoms with Crippen LogP contribution in [0.15, 0.2) is 48.0 Å². The van der Waals surface area contributed by atoms with Gasteiger partial charge in [-0.1, -0.05) is 12.1 Å². The number of rotatable bonds is 5. The van der Waals surface area contributed by atoms with Crippen LogP contribution in [0.2, 0.25) is 0 Å². The maximum Gasteiger partial charge on any atom is 0.259 e. The molecule has 2 aromatic carbocycles. The van der Waals surface area contributed by atoms with Crippen LogP contribution in [0.5, 0.6) is 11.5 Å². The van der Waals surface area contributed by atoms with Crippen molar-refractivity contribution in [3.63, 3.8) is 0 Å². The highest BCUT2D eigenvalue weighted by molar-refractivity contribution is 7.14. The molecule has 1 amide bonds. The molecule has 27 heavy (non-hydrogen) atoms. The van der Waals surface area contributed by atoms with Crippen molar-refractivity contribution < 1.29 is 14.3 Å². The number of thiazole rings is 1. The largest absolute Gasteiger partial charge is 0.497 e. The van der Waals surface area contributed by atoms with E-state index in [0.29, 0.717) is 33.4 Å². The van der Waals surface area contributed by atoms with E-state index in [1.165, 1.54) is 11.3 Å². The quantitative estimate of drug-likeness (QED) is 0.547. The second-order valence-electron chi connectivity index (χ2n) is 5.70. The van der Waals surface area contributed by atoms with Crippen LogP contribution in [0.4, 0.5) is 5.13 Å². The van der Waals surface area contributed by atoms with Gasteiger partial charge in [0.25, 0.3) is 5.91 Å². The molecular weight excluding hydrogens is 364 g/mol. The highest BCUT2D eigenvalue weighted by Gasteiger charge is 2.15. The van der Waals surface area contributed by atoms with E-state index in [9.17, 15) is 4.79 Å². The lowest BCUT2D eigenvalue weighted by molar-refractivity contribution is 0.102. The molecule has 2 heterocycles. The zero-order valence-electron chi connectivity index (χ0n) is 14.6. The number of nitrogens with one attached hydrogen (secondary N) is 2. The molecule has 0 atom stereocenters. The van der Waals surface area contributed by atoms with Crippen LogP contribution in [-0.2, 0) is 0 Å². The Bertz CT molecular complexity index is 1120. The Labute approximate surface area is 159 Å². The first-order chi connectivity index (χ1) is 13.2. The van der Waals surface area contributed by atoms with E-state index in [0.717, 1.165) is 10.9 Å². The van der Waals surface area contributed by atoms with Gasteiger partial charge in [-0.25, -0.2) is 4.98 Å². The number of para-hydroxylation sites is 1. The Morgan fingerprint density at radius 3 is 2.89 bits per heavy atom. The van der Waals surface area contributed by atoms with Gasteiger partial charge in [0.05, 0.1) is 37.2 Å². The van der Waals surface area contributed by atoms with Gasteiger partial charge in [-0.2, -0.15) is 5.10 Å². The van der Waals surface area contributed by atoms with Gasteiger partial charge in [-0.05, 0) is 24.3 Å². The van der Waals surface area contributed by atoms with E-state index in [2.05, 4.69) is 20.5 Å². The Hall–Kier alpha value is -3.39. The summed E-state index contributed by atoms with van der Waals surface area (Å²) in [6.07, 6.45) is 1.68. The number of fused-ring (bicyclic) bond motifs is 1. The number of carbonyl (C=O) groups is 1. The van der Waals surface area contributed by atoms with Crippen LogP contribution < -0.4 is 14.8 Å². The van der Waals surface area contributed by atoms with Crippen molar-refractivity contribution in [3.05, 3.63) is 53.5 Å². The van der Waals surface area contributed by atoms with Gasteiger partial charge in [-0.15, -0.1) is 11.3 Å². The molecule has 0 aliphatic carbocycles. The van der Waals surface area contributed by atoms with Crippen molar-refractivity contribution in [2.75, 3.05) is 19.5 Å². The summed E-state index contributed by atoms with van der Waals surface area (Å²) < 4.78 is 10.7. The number of anilines is 1. The third-order valence-electron chi connectivity index (χ3n) is 4.13. The van der Waals surface area contributed by atoms with Gasteiger partial charge in [0.15, 0.2) is 5.13 Å². The maximum atomic E-state index is 12.7. The number of H-pyrrole nitrogens is 1. The molecule has 0 saturated heterocycles. The minimum Gasteiger partial charge on any atom is -0.497 e. The minimum absolute atomic E-state index is 0.247. The number of ether oxygens (including phenoxy) is 2. The SMILES string of the molecule is COc1ccc(OC)c(-c2csc(NC(=O)c3cccc4cn[nH]c34)n2)c1. The van der Waals surface area contributed by atoms with E-state index >= 15 is 0 Å². The summed E-state index contributed by atoms with van der Waals surface area (Å²) in [6, 6.07) is 11.0. The van der Waals surface area contributed by atoms with Crippen LogP contribution in [0.3, 0.4) is 0 Å². The van der Waals surface area contributed by atoms with Crippen molar-refractivity contribution in [1.82, 2.24) is 15.2 Å². The molecule has 0 aliphatic rings. The molecule has 4 aromatic rings. The van der Waals surface area contributed by atoms with Gasteiger partial charge in [0.1, 0.15) is 11.5 Å². The number of hydrogen-bond acceptors (Lipinski definition) is 6. The second kappa shape index (κ2) is 7.08. The summed E-state index contributed by atoms with van der Waals surface area (Å²) in [5, 5.41) is 12.9. The molecule has 0 fully saturated rings. The number of aromatic amines is 1. The maximum absolute atomic E-state index is 12.7. The Morgan fingerprint density at radius 1 is 1.19 bits per heavy atom. The number of benzene rings is 2. The molecule has 0 unspecified atom stereocenters. The molecule has 0 spiro atoms.